The third-order valence-electron chi connectivity index (χ3n) is 3.13. The van der Waals surface area contributed by atoms with Crippen molar-refractivity contribution in [1.82, 2.24) is 9.78 Å². The van der Waals surface area contributed by atoms with Gasteiger partial charge in [-0.1, -0.05) is 13.8 Å². The van der Waals surface area contributed by atoms with E-state index in [1.807, 2.05) is 13.8 Å². The second-order valence-electron chi connectivity index (χ2n) is 5.38. The van der Waals surface area contributed by atoms with Crippen LogP contribution in [0.1, 0.15) is 41.0 Å². The van der Waals surface area contributed by atoms with Crippen molar-refractivity contribution in [3.63, 3.8) is 0 Å². The van der Waals surface area contributed by atoms with Crippen molar-refractivity contribution < 1.29 is 19.4 Å². The lowest BCUT2D eigenvalue weighted by molar-refractivity contribution is 0.0870. The van der Waals surface area contributed by atoms with Crippen LogP contribution in [0.25, 0.3) is 0 Å². The van der Waals surface area contributed by atoms with Crippen molar-refractivity contribution in [2.45, 2.75) is 20.3 Å². The first-order chi connectivity index (χ1) is 10.4. The highest BCUT2D eigenvalue weighted by Crippen LogP contribution is 2.25. The van der Waals surface area contributed by atoms with Crippen LogP contribution in [0.15, 0.2) is 30.6 Å². The molecule has 0 saturated carbocycles. The zero-order valence-electron chi connectivity index (χ0n) is 12.7. The highest BCUT2D eigenvalue weighted by atomic mass is 16.5. The van der Waals surface area contributed by atoms with Crippen LogP contribution in [0, 0.1) is 5.92 Å². The molecule has 1 N–H and O–H groups in total. The Morgan fingerprint density at radius 3 is 2.73 bits per heavy atom. The van der Waals surface area contributed by atoms with Crippen molar-refractivity contribution in [2.24, 2.45) is 5.92 Å². The summed E-state index contributed by atoms with van der Waals surface area (Å²) in [6, 6.07) is 4.40. The molecule has 6 heteroatoms. The molecule has 0 saturated heterocycles. The largest absolute Gasteiger partial charge is 0.507 e. The molecule has 6 nitrogen and oxygen atoms in total. The molecule has 0 unspecified atom stereocenters. The van der Waals surface area contributed by atoms with E-state index in [1.165, 1.54) is 31.6 Å². The number of carbonyl (C=O) groups is 2. The van der Waals surface area contributed by atoms with Crippen LogP contribution in [0.5, 0.6) is 11.5 Å². The summed E-state index contributed by atoms with van der Waals surface area (Å²) < 4.78 is 6.20. The predicted molar refractivity (Wildman–Crippen MR) is 80.4 cm³/mol. The van der Waals surface area contributed by atoms with Gasteiger partial charge in [0.25, 0.3) is 0 Å². The number of carbonyl (C=O) groups excluding carboxylic acids is 2. The number of hydrogen-bond acceptors (Lipinski definition) is 5. The lowest BCUT2D eigenvalue weighted by Crippen LogP contribution is -2.13. The molecule has 2 aromatic rings. The average Bonchev–Trinajstić information content (AvgIpc) is 2.96. The van der Waals surface area contributed by atoms with Crippen molar-refractivity contribution in [1.29, 1.82) is 0 Å². The molecular formula is C16H18N2O4. The molecule has 0 radical (unpaired) electrons. The molecular weight excluding hydrogens is 284 g/mol. The normalized spacial score (nSPS) is 10.7. The van der Waals surface area contributed by atoms with Crippen LogP contribution in [0.2, 0.25) is 0 Å². The van der Waals surface area contributed by atoms with Gasteiger partial charge in [-0.3, -0.25) is 9.59 Å². The summed E-state index contributed by atoms with van der Waals surface area (Å²) in [6.07, 6.45) is 3.05. The SMILES string of the molecule is COc1ccc(O)c(C(=O)c2cnn(C(=O)CC(C)C)c2)c1. The first kappa shape index (κ1) is 15.8. The molecule has 0 bridgehead atoms. The van der Waals surface area contributed by atoms with E-state index in [0.29, 0.717) is 12.2 Å². The van der Waals surface area contributed by atoms with E-state index in [-0.39, 0.29) is 28.7 Å². The van der Waals surface area contributed by atoms with Crippen LogP contribution in [0.3, 0.4) is 0 Å². The number of ketones is 1. The molecule has 1 heterocycles. The minimum atomic E-state index is -0.417. The maximum absolute atomic E-state index is 12.4. The number of rotatable bonds is 5. The smallest absolute Gasteiger partial charge is 0.247 e. The number of ether oxygens (including phenoxy) is 1. The third-order valence-corrected chi connectivity index (χ3v) is 3.13. The maximum Gasteiger partial charge on any atom is 0.247 e. The summed E-state index contributed by atoms with van der Waals surface area (Å²) >= 11 is 0. The molecule has 0 fully saturated rings. The van der Waals surface area contributed by atoms with Crippen LogP contribution in [-0.4, -0.2) is 33.7 Å². The van der Waals surface area contributed by atoms with Crippen LogP contribution < -0.4 is 4.74 Å². The summed E-state index contributed by atoms with van der Waals surface area (Å²) in [7, 11) is 1.48. The van der Waals surface area contributed by atoms with Gasteiger partial charge in [-0.25, -0.2) is 4.68 Å². The number of nitrogens with zero attached hydrogens (tertiary/aromatic N) is 2. The van der Waals surface area contributed by atoms with Crippen molar-refractivity contribution in [3.05, 3.63) is 41.7 Å². The van der Waals surface area contributed by atoms with Gasteiger partial charge in [0, 0.05) is 12.6 Å². The Kier molecular flexibility index (Phi) is 4.60. The maximum atomic E-state index is 12.4. The number of aromatic nitrogens is 2. The van der Waals surface area contributed by atoms with E-state index in [9.17, 15) is 14.7 Å². The summed E-state index contributed by atoms with van der Waals surface area (Å²) in [4.78, 5) is 24.3. The molecule has 22 heavy (non-hydrogen) atoms. The molecule has 2 rings (SSSR count). The Balaban J connectivity index is 2.27. The highest BCUT2D eigenvalue weighted by molar-refractivity contribution is 6.10. The van der Waals surface area contributed by atoms with Crippen molar-refractivity contribution >= 4 is 11.7 Å². The second kappa shape index (κ2) is 6.43. The first-order valence-electron chi connectivity index (χ1n) is 6.92. The van der Waals surface area contributed by atoms with Gasteiger partial charge in [-0.2, -0.15) is 5.10 Å². The molecule has 0 aliphatic heterocycles. The lowest BCUT2D eigenvalue weighted by Gasteiger charge is -2.05. The Morgan fingerprint density at radius 2 is 2.09 bits per heavy atom. The zero-order chi connectivity index (χ0) is 16.3. The molecule has 116 valence electrons. The standard InChI is InChI=1S/C16H18N2O4/c1-10(2)6-15(20)18-9-11(8-17-18)16(21)13-7-12(22-3)4-5-14(13)19/h4-5,7-10,19H,6H2,1-3H3. The predicted octanol–water partition coefficient (Wildman–Crippen LogP) is 2.51. The van der Waals surface area contributed by atoms with Crippen LogP contribution in [-0.2, 0) is 0 Å². The lowest BCUT2D eigenvalue weighted by atomic mass is 10.1. The molecule has 1 aromatic carbocycles. The summed E-state index contributed by atoms with van der Waals surface area (Å²) in [6.45, 7) is 3.86. The number of aromatic hydroxyl groups is 1. The quantitative estimate of drug-likeness (QED) is 0.858. The van der Waals surface area contributed by atoms with Gasteiger partial charge in [0.15, 0.2) is 5.78 Å². The Hall–Kier alpha value is -2.63. The average molecular weight is 302 g/mol. The number of phenolic OH excluding ortho intramolecular Hbond substituents is 1. The highest BCUT2D eigenvalue weighted by Gasteiger charge is 2.18. The van der Waals surface area contributed by atoms with Gasteiger partial charge in [0.2, 0.25) is 5.91 Å². The van der Waals surface area contributed by atoms with Gasteiger partial charge in [-0.15, -0.1) is 0 Å². The Morgan fingerprint density at radius 1 is 1.36 bits per heavy atom. The van der Waals surface area contributed by atoms with E-state index in [2.05, 4.69) is 5.10 Å². The monoisotopic (exact) mass is 302 g/mol. The fourth-order valence-corrected chi connectivity index (χ4v) is 2.00. The third kappa shape index (κ3) is 3.33. The second-order valence-corrected chi connectivity index (χ2v) is 5.38. The molecule has 0 spiro atoms. The number of phenols is 1. The van der Waals surface area contributed by atoms with Crippen LogP contribution >= 0.6 is 0 Å². The summed E-state index contributed by atoms with van der Waals surface area (Å²) in [5.74, 6) is -0.0707. The van der Waals surface area contributed by atoms with Crippen molar-refractivity contribution in [2.75, 3.05) is 7.11 Å². The van der Waals surface area contributed by atoms with E-state index in [4.69, 9.17) is 4.74 Å². The minimum absolute atomic E-state index is 0.107. The molecule has 0 aliphatic carbocycles. The summed E-state index contributed by atoms with van der Waals surface area (Å²) in [5, 5.41) is 13.7. The number of hydrogen-bond donors (Lipinski definition) is 1. The van der Waals surface area contributed by atoms with Crippen LogP contribution in [0.4, 0.5) is 0 Å². The van der Waals surface area contributed by atoms with Gasteiger partial charge in [-0.05, 0) is 24.1 Å². The zero-order valence-corrected chi connectivity index (χ0v) is 12.7. The van der Waals surface area contributed by atoms with E-state index in [0.717, 1.165) is 4.68 Å². The van der Waals surface area contributed by atoms with E-state index in [1.54, 1.807) is 6.07 Å². The number of benzene rings is 1. The molecule has 0 amide bonds. The summed E-state index contributed by atoms with van der Waals surface area (Å²) in [5.41, 5.74) is 0.343. The first-order valence-corrected chi connectivity index (χ1v) is 6.92. The van der Waals surface area contributed by atoms with Crippen molar-refractivity contribution in [3.8, 4) is 11.5 Å². The molecule has 1 aromatic heterocycles. The minimum Gasteiger partial charge on any atom is -0.507 e. The topological polar surface area (TPSA) is 81.4 Å². The Labute approximate surface area is 128 Å². The van der Waals surface area contributed by atoms with Gasteiger partial charge < -0.3 is 9.84 Å². The molecule has 0 atom stereocenters. The van der Waals surface area contributed by atoms with Gasteiger partial charge >= 0.3 is 0 Å². The van der Waals surface area contributed by atoms with Gasteiger partial charge in [0.1, 0.15) is 11.5 Å². The Bertz CT molecular complexity index is 704. The van der Waals surface area contributed by atoms with E-state index < -0.39 is 5.78 Å². The van der Waals surface area contributed by atoms with Gasteiger partial charge in [0.05, 0.1) is 24.4 Å². The fourth-order valence-electron chi connectivity index (χ4n) is 2.00. The molecule has 0 aliphatic rings. The fraction of sp³-hybridized carbons (Fsp3) is 0.312. The number of methoxy groups -OCH3 is 1. The van der Waals surface area contributed by atoms with E-state index >= 15 is 0 Å².